The van der Waals surface area contributed by atoms with E-state index in [1.807, 2.05) is 13.2 Å². The third-order valence-corrected chi connectivity index (χ3v) is 5.06. The quantitative estimate of drug-likeness (QED) is 0.891. The van der Waals surface area contributed by atoms with E-state index < -0.39 is 0 Å². The summed E-state index contributed by atoms with van der Waals surface area (Å²) < 4.78 is 0. The van der Waals surface area contributed by atoms with Gasteiger partial charge in [-0.05, 0) is 36.9 Å². The molecule has 1 aromatic heterocycles. The van der Waals surface area contributed by atoms with Gasteiger partial charge in [-0.2, -0.15) is 0 Å². The van der Waals surface area contributed by atoms with Gasteiger partial charge in [0, 0.05) is 11.6 Å². The molecule has 2 unspecified atom stereocenters. The zero-order chi connectivity index (χ0) is 12.6. The molecule has 3 rings (SSSR count). The summed E-state index contributed by atoms with van der Waals surface area (Å²) in [4.78, 5) is 4.56. The lowest BCUT2D eigenvalue weighted by molar-refractivity contribution is 0.349. The fourth-order valence-corrected chi connectivity index (χ4v) is 3.95. The molecule has 3 heteroatoms. The number of rotatable bonds is 2. The molecular formula is C15H18N2S. The smallest absolute Gasteiger partial charge is 0.117 e. The zero-order valence-electron chi connectivity index (χ0n) is 10.8. The van der Waals surface area contributed by atoms with E-state index in [-0.39, 0.29) is 5.54 Å². The van der Waals surface area contributed by atoms with Crippen LogP contribution in [-0.4, -0.2) is 12.0 Å². The van der Waals surface area contributed by atoms with Crippen LogP contribution in [0.15, 0.2) is 35.8 Å². The van der Waals surface area contributed by atoms with Gasteiger partial charge in [0.1, 0.15) is 5.01 Å². The fourth-order valence-electron chi connectivity index (χ4n) is 3.06. The van der Waals surface area contributed by atoms with Crippen molar-refractivity contribution in [1.29, 1.82) is 0 Å². The van der Waals surface area contributed by atoms with Crippen molar-refractivity contribution in [2.45, 2.75) is 31.2 Å². The number of hydrogen-bond acceptors (Lipinski definition) is 3. The van der Waals surface area contributed by atoms with Crippen LogP contribution in [0.4, 0.5) is 0 Å². The minimum atomic E-state index is -0.0860. The first-order chi connectivity index (χ1) is 8.78. The lowest BCUT2D eigenvalue weighted by Gasteiger charge is -2.40. The molecule has 1 N–H and O–H groups in total. The predicted molar refractivity (Wildman–Crippen MR) is 76.0 cm³/mol. The lowest BCUT2D eigenvalue weighted by Crippen LogP contribution is -2.44. The van der Waals surface area contributed by atoms with E-state index in [0.29, 0.717) is 5.92 Å². The van der Waals surface area contributed by atoms with Crippen molar-refractivity contribution in [3.63, 3.8) is 0 Å². The van der Waals surface area contributed by atoms with Gasteiger partial charge >= 0.3 is 0 Å². The summed E-state index contributed by atoms with van der Waals surface area (Å²) in [7, 11) is 2.05. The maximum atomic E-state index is 4.56. The van der Waals surface area contributed by atoms with Gasteiger partial charge in [-0.25, -0.2) is 4.98 Å². The molecule has 1 aliphatic rings. The molecule has 0 spiro atoms. The molecule has 2 nitrogen and oxygen atoms in total. The van der Waals surface area contributed by atoms with Crippen LogP contribution in [-0.2, 0) is 5.54 Å². The van der Waals surface area contributed by atoms with E-state index in [2.05, 4.69) is 46.9 Å². The van der Waals surface area contributed by atoms with Crippen molar-refractivity contribution < 1.29 is 0 Å². The number of nitrogens with one attached hydrogen (secondary N) is 1. The normalized spacial score (nSPS) is 26.9. The monoisotopic (exact) mass is 258 g/mol. The van der Waals surface area contributed by atoms with E-state index >= 15 is 0 Å². The predicted octanol–water partition coefficient (Wildman–Crippen LogP) is 3.50. The van der Waals surface area contributed by atoms with Crippen LogP contribution in [0.2, 0.25) is 0 Å². The topological polar surface area (TPSA) is 24.9 Å². The molecule has 0 saturated heterocycles. The molecule has 1 heterocycles. The van der Waals surface area contributed by atoms with Crippen LogP contribution in [0.5, 0.6) is 0 Å². The highest BCUT2D eigenvalue weighted by molar-refractivity contribution is 7.09. The Hall–Kier alpha value is -1.19. The van der Waals surface area contributed by atoms with Gasteiger partial charge < -0.3 is 5.32 Å². The van der Waals surface area contributed by atoms with Gasteiger partial charge in [0.25, 0.3) is 0 Å². The van der Waals surface area contributed by atoms with Crippen LogP contribution < -0.4 is 5.32 Å². The van der Waals surface area contributed by atoms with Gasteiger partial charge in [0.2, 0.25) is 0 Å². The average Bonchev–Trinajstić information content (AvgIpc) is 2.95. The Kier molecular flexibility index (Phi) is 2.96. The van der Waals surface area contributed by atoms with E-state index in [4.69, 9.17) is 0 Å². The number of thiazole rings is 1. The average molecular weight is 258 g/mol. The molecule has 0 fully saturated rings. The van der Waals surface area contributed by atoms with Gasteiger partial charge in [-0.3, -0.25) is 0 Å². The number of benzene rings is 1. The van der Waals surface area contributed by atoms with Crippen molar-refractivity contribution in [2.75, 3.05) is 7.05 Å². The maximum absolute atomic E-state index is 4.56. The van der Waals surface area contributed by atoms with Crippen molar-refractivity contribution >= 4 is 11.3 Å². The highest BCUT2D eigenvalue weighted by atomic mass is 32.1. The van der Waals surface area contributed by atoms with Gasteiger partial charge in [0.15, 0.2) is 0 Å². The molecule has 94 valence electrons. The molecule has 0 saturated carbocycles. The Bertz CT molecular complexity index is 535. The molecule has 1 aliphatic carbocycles. The fraction of sp³-hybridized carbons (Fsp3) is 0.400. The van der Waals surface area contributed by atoms with Crippen LogP contribution in [0.1, 0.15) is 41.8 Å². The number of fused-ring (bicyclic) bond motifs is 1. The Morgan fingerprint density at radius 1 is 1.39 bits per heavy atom. The lowest BCUT2D eigenvalue weighted by atomic mass is 9.72. The number of aromatic nitrogens is 1. The van der Waals surface area contributed by atoms with Crippen molar-refractivity contribution in [1.82, 2.24) is 10.3 Å². The standard InChI is InChI=1S/C15H18N2S/c1-11-7-8-15(16-2,14-17-9-10-18-14)13-6-4-3-5-12(11)13/h3-6,9-11,16H,7-8H2,1-2H3. The highest BCUT2D eigenvalue weighted by Gasteiger charge is 2.40. The summed E-state index contributed by atoms with van der Waals surface area (Å²) in [6.07, 6.45) is 4.23. The van der Waals surface area contributed by atoms with E-state index in [1.54, 1.807) is 11.3 Å². The van der Waals surface area contributed by atoms with Crippen LogP contribution in [0.3, 0.4) is 0 Å². The first-order valence-corrected chi connectivity index (χ1v) is 7.34. The van der Waals surface area contributed by atoms with E-state index in [9.17, 15) is 0 Å². The SMILES string of the molecule is CNC1(c2nccs2)CCC(C)c2ccccc21. The van der Waals surface area contributed by atoms with Crippen LogP contribution >= 0.6 is 11.3 Å². The Morgan fingerprint density at radius 3 is 2.94 bits per heavy atom. The third kappa shape index (κ3) is 1.62. The van der Waals surface area contributed by atoms with Gasteiger partial charge in [-0.15, -0.1) is 11.3 Å². The summed E-state index contributed by atoms with van der Waals surface area (Å²) in [5.41, 5.74) is 2.78. The first kappa shape index (κ1) is 11.9. The minimum Gasteiger partial charge on any atom is -0.305 e. The van der Waals surface area contributed by atoms with Crippen LogP contribution in [0, 0.1) is 0 Å². The molecule has 2 aromatic rings. The number of hydrogen-bond donors (Lipinski definition) is 1. The third-order valence-electron chi connectivity index (χ3n) is 4.13. The summed E-state index contributed by atoms with van der Waals surface area (Å²) in [6, 6.07) is 8.79. The summed E-state index contributed by atoms with van der Waals surface area (Å²) >= 11 is 1.74. The largest absolute Gasteiger partial charge is 0.305 e. The zero-order valence-corrected chi connectivity index (χ0v) is 11.6. The molecule has 0 bridgehead atoms. The molecule has 2 atom stereocenters. The second-order valence-electron chi connectivity index (χ2n) is 5.02. The van der Waals surface area contributed by atoms with E-state index in [0.717, 1.165) is 6.42 Å². The Labute approximate surface area is 112 Å². The Morgan fingerprint density at radius 2 is 2.22 bits per heavy atom. The minimum absolute atomic E-state index is 0.0860. The van der Waals surface area contributed by atoms with Crippen molar-refractivity contribution in [3.8, 4) is 0 Å². The van der Waals surface area contributed by atoms with Crippen molar-refractivity contribution in [2.24, 2.45) is 0 Å². The highest BCUT2D eigenvalue weighted by Crippen LogP contribution is 2.45. The summed E-state index contributed by atoms with van der Waals surface area (Å²) in [5.74, 6) is 0.641. The molecule has 0 amide bonds. The summed E-state index contributed by atoms with van der Waals surface area (Å²) in [5, 5.41) is 6.79. The molecule has 0 radical (unpaired) electrons. The molecular weight excluding hydrogens is 240 g/mol. The van der Waals surface area contributed by atoms with Crippen LogP contribution in [0.25, 0.3) is 0 Å². The molecule has 1 aromatic carbocycles. The van der Waals surface area contributed by atoms with Gasteiger partial charge in [-0.1, -0.05) is 31.2 Å². The summed E-state index contributed by atoms with van der Waals surface area (Å²) in [6.45, 7) is 2.32. The second-order valence-corrected chi connectivity index (χ2v) is 5.91. The number of nitrogens with zero attached hydrogens (tertiary/aromatic N) is 1. The molecule has 18 heavy (non-hydrogen) atoms. The van der Waals surface area contributed by atoms with Gasteiger partial charge in [0.05, 0.1) is 5.54 Å². The first-order valence-electron chi connectivity index (χ1n) is 6.46. The maximum Gasteiger partial charge on any atom is 0.117 e. The molecule has 0 aliphatic heterocycles. The van der Waals surface area contributed by atoms with E-state index in [1.165, 1.54) is 22.6 Å². The van der Waals surface area contributed by atoms with Crippen molar-refractivity contribution in [3.05, 3.63) is 52.0 Å². The second kappa shape index (κ2) is 4.48. The Balaban J connectivity index is 2.21.